The summed E-state index contributed by atoms with van der Waals surface area (Å²) in [5.74, 6) is -0.928. The molecule has 0 bridgehead atoms. The number of aryl methyl sites for hydroxylation is 1. The summed E-state index contributed by atoms with van der Waals surface area (Å²) in [7, 11) is -3.79. The Morgan fingerprint density at radius 3 is 2.38 bits per heavy atom. The van der Waals surface area contributed by atoms with Crippen LogP contribution < -0.4 is 0 Å². The fourth-order valence-corrected chi connectivity index (χ4v) is 4.17. The first-order chi connectivity index (χ1) is 13.7. The molecule has 1 aromatic carbocycles. The van der Waals surface area contributed by atoms with Crippen molar-refractivity contribution in [3.8, 4) is 0 Å². The van der Waals surface area contributed by atoms with Gasteiger partial charge in [-0.3, -0.25) is 4.79 Å². The average Bonchev–Trinajstić information content (AvgIpc) is 2.99. The minimum atomic E-state index is -3.79. The molecule has 0 aliphatic heterocycles. The monoisotopic (exact) mass is 418 g/mol. The lowest BCUT2D eigenvalue weighted by molar-refractivity contribution is 0.0519. The maximum Gasteiger partial charge on any atom is 0.355 e. The van der Waals surface area contributed by atoms with Crippen LogP contribution in [-0.4, -0.2) is 49.2 Å². The normalized spacial score (nSPS) is 11.9. The summed E-state index contributed by atoms with van der Waals surface area (Å²) in [5.41, 5.74) is 2.23. The topological polar surface area (TPSA) is 96.5 Å². The SMILES string of the molecule is CCOC(=O)c1[nH]c(C)c(C(=O)CN(CC)S(=O)(=O)/C=C/c2ccccc2)c1C. The summed E-state index contributed by atoms with van der Waals surface area (Å²) >= 11 is 0. The highest BCUT2D eigenvalue weighted by Crippen LogP contribution is 2.20. The van der Waals surface area contributed by atoms with Crippen LogP contribution in [0.3, 0.4) is 0 Å². The van der Waals surface area contributed by atoms with Crippen molar-refractivity contribution < 1.29 is 22.7 Å². The molecule has 0 amide bonds. The number of ketones is 1. The second-order valence-electron chi connectivity index (χ2n) is 6.45. The zero-order valence-corrected chi connectivity index (χ0v) is 17.9. The van der Waals surface area contributed by atoms with Crippen LogP contribution in [0.25, 0.3) is 6.08 Å². The molecule has 1 aromatic heterocycles. The molecule has 0 unspecified atom stereocenters. The molecular weight excluding hydrogens is 392 g/mol. The summed E-state index contributed by atoms with van der Waals surface area (Å²) in [6.45, 7) is 6.71. The Kier molecular flexibility index (Phi) is 7.53. The highest BCUT2D eigenvalue weighted by atomic mass is 32.2. The summed E-state index contributed by atoms with van der Waals surface area (Å²) < 4.78 is 31.4. The van der Waals surface area contributed by atoms with E-state index in [-0.39, 0.29) is 31.2 Å². The van der Waals surface area contributed by atoms with Crippen molar-refractivity contribution in [3.63, 3.8) is 0 Å². The van der Waals surface area contributed by atoms with E-state index >= 15 is 0 Å². The van der Waals surface area contributed by atoms with Crippen LogP contribution in [0.5, 0.6) is 0 Å². The van der Waals surface area contributed by atoms with Gasteiger partial charge in [0.2, 0.25) is 10.0 Å². The van der Waals surface area contributed by atoms with E-state index in [0.717, 1.165) is 15.3 Å². The van der Waals surface area contributed by atoms with Gasteiger partial charge in [0.25, 0.3) is 0 Å². The standard InChI is InChI=1S/C21H26N2O5S/c1-5-23(29(26,27)13-12-17-10-8-7-9-11-17)14-18(24)19-15(3)20(22-16(19)4)21(25)28-6-2/h7-13,22H,5-6,14H2,1-4H3/b13-12+. The molecule has 7 nitrogen and oxygen atoms in total. The van der Waals surface area contributed by atoms with Crippen LogP contribution in [0, 0.1) is 13.8 Å². The molecule has 0 aliphatic carbocycles. The largest absolute Gasteiger partial charge is 0.461 e. The fourth-order valence-electron chi connectivity index (χ4n) is 3.01. The number of sulfonamides is 1. The van der Waals surface area contributed by atoms with Crippen molar-refractivity contribution in [1.29, 1.82) is 0 Å². The maximum atomic E-state index is 12.9. The molecule has 2 aromatic rings. The third-order valence-electron chi connectivity index (χ3n) is 4.46. The lowest BCUT2D eigenvalue weighted by Gasteiger charge is -2.17. The predicted molar refractivity (Wildman–Crippen MR) is 112 cm³/mol. The third kappa shape index (κ3) is 5.42. The van der Waals surface area contributed by atoms with E-state index in [9.17, 15) is 18.0 Å². The van der Waals surface area contributed by atoms with E-state index in [0.29, 0.717) is 16.8 Å². The van der Waals surface area contributed by atoms with Gasteiger partial charge in [0.15, 0.2) is 5.78 Å². The van der Waals surface area contributed by atoms with Gasteiger partial charge in [-0.05, 0) is 38.0 Å². The van der Waals surface area contributed by atoms with Crippen molar-refractivity contribution in [2.24, 2.45) is 0 Å². The Morgan fingerprint density at radius 1 is 1.14 bits per heavy atom. The molecule has 0 atom stereocenters. The van der Waals surface area contributed by atoms with Gasteiger partial charge in [-0.2, -0.15) is 4.31 Å². The van der Waals surface area contributed by atoms with E-state index in [2.05, 4.69) is 4.98 Å². The van der Waals surface area contributed by atoms with Crippen LogP contribution in [0.15, 0.2) is 35.7 Å². The number of nitrogens with zero attached hydrogens (tertiary/aromatic N) is 1. The van der Waals surface area contributed by atoms with E-state index < -0.39 is 16.0 Å². The first-order valence-electron chi connectivity index (χ1n) is 9.34. The van der Waals surface area contributed by atoms with E-state index in [1.54, 1.807) is 39.8 Å². The molecule has 8 heteroatoms. The van der Waals surface area contributed by atoms with Gasteiger partial charge in [0.1, 0.15) is 5.69 Å². The van der Waals surface area contributed by atoms with Gasteiger partial charge in [-0.1, -0.05) is 37.3 Å². The van der Waals surface area contributed by atoms with E-state index in [4.69, 9.17) is 4.74 Å². The van der Waals surface area contributed by atoms with Gasteiger partial charge >= 0.3 is 5.97 Å². The van der Waals surface area contributed by atoms with Crippen LogP contribution in [-0.2, 0) is 14.8 Å². The smallest absolute Gasteiger partial charge is 0.355 e. The number of hydrogen-bond donors (Lipinski definition) is 1. The molecule has 29 heavy (non-hydrogen) atoms. The van der Waals surface area contributed by atoms with E-state index in [1.165, 1.54) is 6.08 Å². The number of Topliss-reactive ketones (excluding diaryl/α,β-unsaturated/α-hetero) is 1. The fraction of sp³-hybridized carbons (Fsp3) is 0.333. The molecule has 0 fully saturated rings. The molecule has 0 saturated carbocycles. The molecule has 0 saturated heterocycles. The number of H-pyrrole nitrogens is 1. The third-order valence-corrected chi connectivity index (χ3v) is 6.05. The highest BCUT2D eigenvalue weighted by molar-refractivity contribution is 7.92. The quantitative estimate of drug-likeness (QED) is 0.498. The molecule has 1 heterocycles. The highest BCUT2D eigenvalue weighted by Gasteiger charge is 2.26. The van der Waals surface area contributed by atoms with Gasteiger partial charge < -0.3 is 9.72 Å². The number of aromatic nitrogens is 1. The van der Waals surface area contributed by atoms with Crippen LogP contribution in [0.2, 0.25) is 0 Å². The molecule has 1 N–H and O–H groups in total. The Hall–Kier alpha value is -2.71. The minimum Gasteiger partial charge on any atom is -0.461 e. The maximum absolute atomic E-state index is 12.9. The molecule has 2 rings (SSSR count). The number of aromatic amines is 1. The van der Waals surface area contributed by atoms with Crippen molar-refractivity contribution in [2.45, 2.75) is 27.7 Å². The van der Waals surface area contributed by atoms with Crippen molar-refractivity contribution >= 4 is 27.9 Å². The predicted octanol–water partition coefficient (Wildman–Crippen LogP) is 3.31. The molecule has 0 spiro atoms. The number of likely N-dealkylation sites (N-methyl/N-ethyl adjacent to an activating group) is 1. The number of benzene rings is 1. The van der Waals surface area contributed by atoms with E-state index in [1.807, 2.05) is 18.2 Å². The van der Waals surface area contributed by atoms with Crippen molar-refractivity contribution in [1.82, 2.24) is 9.29 Å². The number of carbonyl (C=O) groups excluding carboxylic acids is 2. The van der Waals surface area contributed by atoms with Crippen molar-refractivity contribution in [3.05, 3.63) is 63.8 Å². The minimum absolute atomic E-state index is 0.139. The van der Waals surface area contributed by atoms with Gasteiger partial charge in [0.05, 0.1) is 13.2 Å². The summed E-state index contributed by atoms with van der Waals surface area (Å²) in [5, 5.41) is 1.10. The number of hydrogen-bond acceptors (Lipinski definition) is 5. The average molecular weight is 419 g/mol. The van der Waals surface area contributed by atoms with Gasteiger partial charge in [-0.15, -0.1) is 0 Å². The second kappa shape index (κ2) is 9.67. The number of nitrogens with one attached hydrogen (secondary N) is 1. The molecular formula is C21H26N2O5S. The van der Waals surface area contributed by atoms with Crippen LogP contribution in [0.4, 0.5) is 0 Å². The number of carbonyl (C=O) groups is 2. The summed E-state index contributed by atoms with van der Waals surface area (Å²) in [4.78, 5) is 27.8. The first kappa shape index (κ1) is 22.6. The molecule has 0 radical (unpaired) electrons. The Labute approximate surface area is 171 Å². The first-order valence-corrected chi connectivity index (χ1v) is 10.8. The number of rotatable bonds is 9. The van der Waals surface area contributed by atoms with Gasteiger partial charge in [-0.25, -0.2) is 13.2 Å². The summed E-state index contributed by atoms with van der Waals surface area (Å²) in [6.07, 6.45) is 1.49. The zero-order chi connectivity index (χ0) is 21.6. The molecule has 156 valence electrons. The Bertz CT molecular complexity index is 1010. The van der Waals surface area contributed by atoms with Crippen LogP contribution >= 0.6 is 0 Å². The Morgan fingerprint density at radius 2 is 1.79 bits per heavy atom. The zero-order valence-electron chi connectivity index (χ0n) is 17.1. The lowest BCUT2D eigenvalue weighted by atomic mass is 10.1. The van der Waals surface area contributed by atoms with Crippen LogP contribution in [0.1, 0.15) is 51.5 Å². The number of ether oxygens (including phenoxy) is 1. The van der Waals surface area contributed by atoms with Crippen molar-refractivity contribution in [2.75, 3.05) is 19.7 Å². The lowest BCUT2D eigenvalue weighted by Crippen LogP contribution is -2.34. The number of esters is 1. The molecule has 0 aliphatic rings. The summed E-state index contributed by atoms with van der Waals surface area (Å²) in [6, 6.07) is 9.04. The Balaban J connectivity index is 2.24. The second-order valence-corrected chi connectivity index (χ2v) is 8.27. The van der Waals surface area contributed by atoms with Gasteiger partial charge in [0, 0.05) is 23.2 Å².